The van der Waals surface area contributed by atoms with E-state index in [4.69, 9.17) is 10.5 Å². The molecule has 2 amide bonds. The van der Waals surface area contributed by atoms with Crippen molar-refractivity contribution >= 4 is 29.9 Å². The molecule has 1 aromatic carbocycles. The zero-order valence-corrected chi connectivity index (χ0v) is 15.4. The van der Waals surface area contributed by atoms with E-state index in [1.807, 2.05) is 0 Å². The van der Waals surface area contributed by atoms with Crippen molar-refractivity contribution in [2.45, 2.75) is 31.2 Å². The molecule has 0 aliphatic carbocycles. The number of hydrogen-bond donors (Lipinski definition) is 2. The zero-order valence-electron chi connectivity index (χ0n) is 14.6. The highest BCUT2D eigenvalue weighted by atomic mass is 35.5. The predicted molar refractivity (Wildman–Crippen MR) is 98.6 cm³/mol. The van der Waals surface area contributed by atoms with E-state index in [9.17, 15) is 14.0 Å². The minimum Gasteiger partial charge on any atom is -0.381 e. The van der Waals surface area contributed by atoms with Crippen molar-refractivity contribution in [3.05, 3.63) is 30.1 Å². The lowest BCUT2D eigenvalue weighted by Gasteiger charge is -2.39. The number of piperidine rings is 1. The lowest BCUT2D eigenvalue weighted by molar-refractivity contribution is -0.143. The summed E-state index contributed by atoms with van der Waals surface area (Å²) in [6.45, 7) is 2.08. The molecule has 0 saturated carbocycles. The Hall–Kier alpha value is -1.70. The van der Waals surface area contributed by atoms with Crippen molar-refractivity contribution < 1.29 is 18.7 Å². The summed E-state index contributed by atoms with van der Waals surface area (Å²) < 4.78 is 18.2. The van der Waals surface area contributed by atoms with Gasteiger partial charge in [-0.3, -0.25) is 9.59 Å². The molecule has 3 N–H and O–H groups in total. The molecule has 0 aromatic heterocycles. The van der Waals surface area contributed by atoms with Crippen molar-refractivity contribution in [2.24, 2.45) is 11.7 Å². The zero-order chi connectivity index (χ0) is 17.9. The second kappa shape index (κ2) is 8.79. The predicted octanol–water partition coefficient (Wildman–Crippen LogP) is 1.93. The minimum absolute atomic E-state index is 0. The van der Waals surface area contributed by atoms with Crippen LogP contribution in [0.3, 0.4) is 0 Å². The van der Waals surface area contributed by atoms with E-state index in [0.717, 1.165) is 0 Å². The number of likely N-dealkylation sites (tertiary alicyclic amines) is 1. The molecular formula is C18H25ClFN3O3. The first-order chi connectivity index (χ1) is 12.0. The maximum absolute atomic E-state index is 12.9. The van der Waals surface area contributed by atoms with Crippen molar-refractivity contribution in [3.63, 3.8) is 0 Å². The van der Waals surface area contributed by atoms with Gasteiger partial charge in [-0.2, -0.15) is 0 Å². The number of amides is 2. The number of rotatable bonds is 3. The van der Waals surface area contributed by atoms with Crippen LogP contribution in [-0.2, 0) is 14.3 Å². The topological polar surface area (TPSA) is 84.7 Å². The van der Waals surface area contributed by atoms with Crippen LogP contribution in [0, 0.1) is 11.7 Å². The number of ether oxygens (including phenoxy) is 1. The third-order valence-corrected chi connectivity index (χ3v) is 5.08. The number of nitrogens with two attached hydrogens (primary N) is 1. The fourth-order valence-corrected chi connectivity index (χ4v) is 3.39. The minimum atomic E-state index is -0.832. The molecule has 2 fully saturated rings. The summed E-state index contributed by atoms with van der Waals surface area (Å²) in [6, 6.07) is 5.70. The Kier molecular flexibility index (Phi) is 6.97. The van der Waals surface area contributed by atoms with Gasteiger partial charge >= 0.3 is 0 Å². The molecule has 0 radical (unpaired) electrons. The molecule has 2 heterocycles. The average Bonchev–Trinajstić information content (AvgIpc) is 2.64. The van der Waals surface area contributed by atoms with Crippen LogP contribution >= 0.6 is 12.4 Å². The number of hydrogen-bond acceptors (Lipinski definition) is 4. The highest BCUT2D eigenvalue weighted by molar-refractivity contribution is 5.93. The summed E-state index contributed by atoms with van der Waals surface area (Å²) in [6.07, 6.45) is 2.28. The Bertz CT molecular complexity index is 627. The highest BCUT2D eigenvalue weighted by Crippen LogP contribution is 2.25. The summed E-state index contributed by atoms with van der Waals surface area (Å²) in [4.78, 5) is 26.8. The third kappa shape index (κ3) is 4.72. The van der Waals surface area contributed by atoms with Crippen LogP contribution in [0.2, 0.25) is 0 Å². The molecule has 6 nitrogen and oxygen atoms in total. The average molecular weight is 386 g/mol. The fourth-order valence-electron chi connectivity index (χ4n) is 3.39. The largest absolute Gasteiger partial charge is 0.381 e. The van der Waals surface area contributed by atoms with E-state index in [1.165, 1.54) is 24.3 Å². The number of nitrogens with zero attached hydrogens (tertiary/aromatic N) is 1. The SMILES string of the molecule is Cl.NC1(C(=O)N2CCC(C(=O)Nc3ccc(F)cc3)CC2)CCOCC1. The van der Waals surface area contributed by atoms with Crippen molar-refractivity contribution in [2.75, 3.05) is 31.6 Å². The number of anilines is 1. The van der Waals surface area contributed by atoms with Gasteiger partial charge < -0.3 is 20.7 Å². The van der Waals surface area contributed by atoms with E-state index in [1.54, 1.807) is 4.90 Å². The smallest absolute Gasteiger partial charge is 0.242 e. The van der Waals surface area contributed by atoms with Gasteiger partial charge in [0, 0.05) is 37.9 Å². The van der Waals surface area contributed by atoms with Gasteiger partial charge in [0.05, 0.1) is 5.54 Å². The lowest BCUT2D eigenvalue weighted by atomic mass is 9.87. The molecule has 144 valence electrons. The van der Waals surface area contributed by atoms with Crippen molar-refractivity contribution in [1.82, 2.24) is 4.90 Å². The number of nitrogens with one attached hydrogen (secondary N) is 1. The van der Waals surface area contributed by atoms with E-state index < -0.39 is 5.54 Å². The molecule has 2 aliphatic heterocycles. The molecule has 0 unspecified atom stereocenters. The summed E-state index contributed by atoms with van der Waals surface area (Å²) >= 11 is 0. The quantitative estimate of drug-likeness (QED) is 0.832. The summed E-state index contributed by atoms with van der Waals surface area (Å²) in [7, 11) is 0. The van der Waals surface area contributed by atoms with Gasteiger partial charge in [-0.25, -0.2) is 4.39 Å². The van der Waals surface area contributed by atoms with Crippen molar-refractivity contribution in [1.29, 1.82) is 0 Å². The second-order valence-electron chi connectivity index (χ2n) is 6.83. The van der Waals surface area contributed by atoms with Crippen LogP contribution < -0.4 is 11.1 Å². The van der Waals surface area contributed by atoms with Gasteiger partial charge in [0.25, 0.3) is 0 Å². The van der Waals surface area contributed by atoms with Crippen LogP contribution in [0.5, 0.6) is 0 Å². The molecule has 0 spiro atoms. The maximum Gasteiger partial charge on any atom is 0.242 e. The van der Waals surface area contributed by atoms with Crippen LogP contribution in [0.25, 0.3) is 0 Å². The van der Waals surface area contributed by atoms with E-state index in [-0.39, 0.29) is 36.0 Å². The van der Waals surface area contributed by atoms with Crippen LogP contribution in [0.15, 0.2) is 24.3 Å². The first-order valence-corrected chi connectivity index (χ1v) is 8.70. The van der Waals surface area contributed by atoms with Gasteiger partial charge in [0.1, 0.15) is 5.82 Å². The molecule has 0 bridgehead atoms. The molecule has 1 aromatic rings. The van der Waals surface area contributed by atoms with Crippen molar-refractivity contribution in [3.8, 4) is 0 Å². The number of halogens is 2. The molecular weight excluding hydrogens is 361 g/mol. The Labute approximate surface area is 158 Å². The molecule has 0 atom stereocenters. The van der Waals surface area contributed by atoms with E-state index >= 15 is 0 Å². The van der Waals surface area contributed by atoms with Gasteiger partial charge in [0.2, 0.25) is 11.8 Å². The maximum atomic E-state index is 12.9. The Morgan fingerprint density at radius 2 is 1.73 bits per heavy atom. The molecule has 26 heavy (non-hydrogen) atoms. The molecule has 2 saturated heterocycles. The monoisotopic (exact) mass is 385 g/mol. The molecule has 2 aliphatic rings. The first kappa shape index (κ1) is 20.6. The normalized spacial score (nSPS) is 20.2. The van der Waals surface area contributed by atoms with E-state index in [2.05, 4.69) is 5.32 Å². The Morgan fingerprint density at radius 3 is 2.31 bits per heavy atom. The van der Waals surface area contributed by atoms with Crippen LogP contribution in [0.1, 0.15) is 25.7 Å². The number of carbonyl (C=O) groups is 2. The second-order valence-corrected chi connectivity index (χ2v) is 6.83. The summed E-state index contributed by atoms with van der Waals surface area (Å²) in [5, 5.41) is 2.80. The van der Waals surface area contributed by atoms with Gasteiger partial charge in [-0.1, -0.05) is 0 Å². The lowest BCUT2D eigenvalue weighted by Crippen LogP contribution is -2.59. The van der Waals surface area contributed by atoms with Gasteiger partial charge in [-0.15, -0.1) is 12.4 Å². The molecule has 8 heteroatoms. The summed E-state index contributed by atoms with van der Waals surface area (Å²) in [5.41, 5.74) is 6.01. The van der Waals surface area contributed by atoms with Crippen LogP contribution in [0.4, 0.5) is 10.1 Å². The van der Waals surface area contributed by atoms with Gasteiger partial charge in [0.15, 0.2) is 0 Å². The third-order valence-electron chi connectivity index (χ3n) is 5.08. The highest BCUT2D eigenvalue weighted by Gasteiger charge is 2.40. The molecule has 3 rings (SSSR count). The number of carbonyl (C=O) groups excluding carboxylic acids is 2. The van der Waals surface area contributed by atoms with Crippen LogP contribution in [-0.4, -0.2) is 48.6 Å². The fraction of sp³-hybridized carbons (Fsp3) is 0.556. The summed E-state index contributed by atoms with van der Waals surface area (Å²) in [5.74, 6) is -0.619. The van der Waals surface area contributed by atoms with Gasteiger partial charge in [-0.05, 0) is 49.9 Å². The van der Waals surface area contributed by atoms with E-state index in [0.29, 0.717) is 57.7 Å². The first-order valence-electron chi connectivity index (χ1n) is 8.70. The number of benzene rings is 1. The Morgan fingerprint density at radius 1 is 1.15 bits per heavy atom. The standard InChI is InChI=1S/C18H24FN3O3.ClH/c19-14-1-3-15(4-2-14)21-16(23)13-5-9-22(10-6-13)17(24)18(20)7-11-25-12-8-18;/h1-4,13H,5-12,20H2,(H,21,23);1H. The Balaban J connectivity index is 0.00000243.